The van der Waals surface area contributed by atoms with E-state index in [0.717, 1.165) is 11.3 Å². The van der Waals surface area contributed by atoms with Crippen molar-refractivity contribution in [3.63, 3.8) is 0 Å². The maximum atomic E-state index is 9.65. The van der Waals surface area contributed by atoms with Crippen LogP contribution in [0.15, 0.2) is 36.4 Å². The van der Waals surface area contributed by atoms with Crippen LogP contribution in [0, 0.1) is 0 Å². The van der Waals surface area contributed by atoms with Crippen LogP contribution in [-0.2, 0) is 11.3 Å². The number of hydrogen-bond acceptors (Lipinski definition) is 3. The highest BCUT2D eigenvalue weighted by atomic mass is 16.5. The summed E-state index contributed by atoms with van der Waals surface area (Å²) in [5.41, 5.74) is 1.06. The zero-order valence-corrected chi connectivity index (χ0v) is 10.6. The molecule has 0 aliphatic rings. The molecule has 0 saturated carbocycles. The van der Waals surface area contributed by atoms with Crippen LogP contribution in [0.5, 0.6) is 5.75 Å². The van der Waals surface area contributed by atoms with Crippen molar-refractivity contribution in [2.75, 3.05) is 7.11 Å². The lowest BCUT2D eigenvalue weighted by Crippen LogP contribution is -2.23. The van der Waals surface area contributed by atoms with Crippen LogP contribution < -0.4 is 4.74 Å². The molecule has 0 aromatic heterocycles. The molecule has 3 heteroatoms. The number of methoxy groups -OCH3 is 1. The van der Waals surface area contributed by atoms with E-state index >= 15 is 0 Å². The third kappa shape index (κ3) is 4.59. The zero-order valence-electron chi connectivity index (χ0n) is 10.6. The second-order valence-electron chi connectivity index (χ2n) is 3.88. The Morgan fingerprint density at radius 2 is 1.94 bits per heavy atom. The molecule has 0 aliphatic heterocycles. The van der Waals surface area contributed by atoms with Gasteiger partial charge in [-0.05, 0) is 31.5 Å². The topological polar surface area (TPSA) is 38.7 Å². The smallest absolute Gasteiger partial charge is 0.118 e. The Bertz CT molecular complexity index is 343. The highest BCUT2D eigenvalue weighted by molar-refractivity contribution is 5.26. The van der Waals surface area contributed by atoms with E-state index in [4.69, 9.17) is 9.47 Å². The maximum Gasteiger partial charge on any atom is 0.118 e. The molecule has 17 heavy (non-hydrogen) atoms. The fraction of sp³-hybridized carbons (Fsp3) is 0.429. The average Bonchev–Trinajstić information content (AvgIpc) is 2.36. The summed E-state index contributed by atoms with van der Waals surface area (Å²) in [6.07, 6.45) is 2.77. The molecule has 0 saturated heterocycles. The van der Waals surface area contributed by atoms with Crippen LogP contribution in [0.3, 0.4) is 0 Å². The molecule has 94 valence electrons. The number of aliphatic hydroxyl groups is 1. The number of benzene rings is 1. The van der Waals surface area contributed by atoms with Crippen molar-refractivity contribution in [3.05, 3.63) is 42.0 Å². The molecule has 2 atom stereocenters. The van der Waals surface area contributed by atoms with Gasteiger partial charge in [-0.3, -0.25) is 0 Å². The van der Waals surface area contributed by atoms with Gasteiger partial charge in [0.15, 0.2) is 0 Å². The Labute approximate surface area is 103 Å². The van der Waals surface area contributed by atoms with Gasteiger partial charge in [-0.1, -0.05) is 24.3 Å². The summed E-state index contributed by atoms with van der Waals surface area (Å²) < 4.78 is 10.6. The number of rotatable bonds is 6. The van der Waals surface area contributed by atoms with E-state index < -0.39 is 6.10 Å². The van der Waals surface area contributed by atoms with Crippen molar-refractivity contribution in [2.24, 2.45) is 0 Å². The van der Waals surface area contributed by atoms with E-state index in [1.807, 2.05) is 44.2 Å². The predicted octanol–water partition coefficient (Wildman–Crippen LogP) is 2.54. The molecule has 0 radical (unpaired) electrons. The van der Waals surface area contributed by atoms with Crippen molar-refractivity contribution in [1.82, 2.24) is 0 Å². The molecule has 0 unspecified atom stereocenters. The Morgan fingerprint density at radius 1 is 1.29 bits per heavy atom. The summed E-state index contributed by atoms with van der Waals surface area (Å²) in [5, 5.41) is 9.65. The number of ether oxygens (including phenoxy) is 2. The first-order valence-corrected chi connectivity index (χ1v) is 5.72. The summed E-state index contributed by atoms with van der Waals surface area (Å²) in [6.45, 7) is 4.22. The lowest BCUT2D eigenvalue weighted by molar-refractivity contribution is -0.0153. The molecule has 0 bridgehead atoms. The molecular formula is C14H20O3. The third-order valence-corrected chi connectivity index (χ3v) is 2.54. The van der Waals surface area contributed by atoms with Crippen LogP contribution in [0.1, 0.15) is 19.4 Å². The minimum Gasteiger partial charge on any atom is -0.497 e. The Balaban J connectivity index is 2.44. The van der Waals surface area contributed by atoms with Gasteiger partial charge in [0.1, 0.15) is 5.75 Å². The molecule has 1 aromatic rings. The summed E-state index contributed by atoms with van der Waals surface area (Å²) in [5.74, 6) is 0.829. The van der Waals surface area contributed by atoms with Crippen LogP contribution in [0.25, 0.3) is 0 Å². The van der Waals surface area contributed by atoms with Crippen LogP contribution in [0.4, 0.5) is 0 Å². The third-order valence-electron chi connectivity index (χ3n) is 2.54. The van der Waals surface area contributed by atoms with Gasteiger partial charge in [-0.15, -0.1) is 0 Å². The highest BCUT2D eigenvalue weighted by Crippen LogP contribution is 2.13. The fourth-order valence-electron chi connectivity index (χ4n) is 1.40. The van der Waals surface area contributed by atoms with Gasteiger partial charge in [-0.2, -0.15) is 0 Å². The maximum absolute atomic E-state index is 9.65. The summed E-state index contributed by atoms with van der Waals surface area (Å²) in [7, 11) is 1.64. The number of allylic oxidation sites excluding steroid dienone is 1. The zero-order chi connectivity index (χ0) is 12.7. The molecule has 0 spiro atoms. The van der Waals surface area contributed by atoms with Crippen molar-refractivity contribution in [3.8, 4) is 5.75 Å². The molecule has 1 aromatic carbocycles. The van der Waals surface area contributed by atoms with Gasteiger partial charge >= 0.3 is 0 Å². The van der Waals surface area contributed by atoms with Gasteiger partial charge in [-0.25, -0.2) is 0 Å². The van der Waals surface area contributed by atoms with E-state index in [9.17, 15) is 5.11 Å². The lowest BCUT2D eigenvalue weighted by Gasteiger charge is -2.16. The van der Waals surface area contributed by atoms with Crippen LogP contribution in [0.2, 0.25) is 0 Å². The van der Waals surface area contributed by atoms with E-state index in [2.05, 4.69) is 0 Å². The first-order valence-electron chi connectivity index (χ1n) is 5.72. The van der Waals surface area contributed by atoms with Crippen LogP contribution >= 0.6 is 0 Å². The van der Waals surface area contributed by atoms with Gasteiger partial charge in [0.2, 0.25) is 0 Å². The number of hydrogen-bond donors (Lipinski definition) is 1. The summed E-state index contributed by atoms with van der Waals surface area (Å²) >= 11 is 0. The van der Waals surface area contributed by atoms with Crippen LogP contribution in [-0.4, -0.2) is 24.4 Å². The minimum absolute atomic E-state index is 0.215. The average molecular weight is 236 g/mol. The van der Waals surface area contributed by atoms with E-state index in [0.29, 0.717) is 6.61 Å². The summed E-state index contributed by atoms with van der Waals surface area (Å²) in [6, 6.07) is 7.69. The van der Waals surface area contributed by atoms with Crippen molar-refractivity contribution < 1.29 is 14.6 Å². The highest BCUT2D eigenvalue weighted by Gasteiger charge is 2.10. The molecule has 3 nitrogen and oxygen atoms in total. The van der Waals surface area contributed by atoms with Crippen molar-refractivity contribution >= 4 is 0 Å². The predicted molar refractivity (Wildman–Crippen MR) is 68.1 cm³/mol. The second-order valence-corrected chi connectivity index (χ2v) is 3.88. The standard InChI is InChI=1S/C14H20O3/c1-4-5-14(15)11(2)17-10-12-6-8-13(16-3)9-7-12/h4-9,11,14-15H,10H2,1-3H3/b5-4+/t11-,14-/m0/s1. The van der Waals surface area contributed by atoms with Gasteiger partial charge in [0.25, 0.3) is 0 Å². The normalized spacial score (nSPS) is 14.8. The summed E-state index contributed by atoms with van der Waals surface area (Å²) in [4.78, 5) is 0. The molecular weight excluding hydrogens is 216 g/mol. The van der Waals surface area contributed by atoms with Gasteiger partial charge < -0.3 is 14.6 Å². The lowest BCUT2D eigenvalue weighted by atomic mass is 10.2. The van der Waals surface area contributed by atoms with E-state index in [1.165, 1.54) is 0 Å². The Morgan fingerprint density at radius 3 is 2.47 bits per heavy atom. The van der Waals surface area contributed by atoms with Crippen molar-refractivity contribution in [1.29, 1.82) is 0 Å². The Hall–Kier alpha value is -1.32. The van der Waals surface area contributed by atoms with E-state index in [1.54, 1.807) is 13.2 Å². The first kappa shape index (κ1) is 13.7. The number of aliphatic hydroxyl groups excluding tert-OH is 1. The fourth-order valence-corrected chi connectivity index (χ4v) is 1.40. The monoisotopic (exact) mass is 236 g/mol. The second kappa shape index (κ2) is 7.09. The molecule has 1 N–H and O–H groups in total. The van der Waals surface area contributed by atoms with Crippen molar-refractivity contribution in [2.45, 2.75) is 32.7 Å². The van der Waals surface area contributed by atoms with Gasteiger partial charge in [0.05, 0.1) is 25.9 Å². The molecule has 0 aliphatic carbocycles. The molecule has 0 fully saturated rings. The molecule has 0 amide bonds. The Kier molecular flexibility index (Phi) is 5.73. The quantitative estimate of drug-likeness (QED) is 0.771. The minimum atomic E-state index is -0.557. The molecule has 0 heterocycles. The first-order chi connectivity index (χ1) is 8.17. The SMILES string of the molecule is C/C=C/[C@H](O)[C@H](C)OCc1ccc(OC)cc1. The van der Waals surface area contributed by atoms with E-state index in [-0.39, 0.29) is 6.10 Å². The van der Waals surface area contributed by atoms with Gasteiger partial charge in [0, 0.05) is 0 Å². The largest absolute Gasteiger partial charge is 0.497 e. The molecule has 1 rings (SSSR count).